The number of nitrogens with one attached hydrogen (secondary N) is 2. The number of rotatable bonds is 4. The Labute approximate surface area is 110 Å². The van der Waals surface area contributed by atoms with E-state index in [9.17, 15) is 8.42 Å². The smallest absolute Gasteiger partial charge is 0.240 e. The Morgan fingerprint density at radius 2 is 2.29 bits per heavy atom. The maximum Gasteiger partial charge on any atom is 0.240 e. The van der Waals surface area contributed by atoms with Crippen molar-refractivity contribution in [2.45, 2.75) is 23.8 Å². The van der Waals surface area contributed by atoms with E-state index in [1.54, 1.807) is 24.3 Å². The van der Waals surface area contributed by atoms with Crippen molar-refractivity contribution in [3.05, 3.63) is 28.7 Å². The van der Waals surface area contributed by atoms with Crippen LogP contribution >= 0.6 is 15.9 Å². The normalized spacial score (nSPS) is 20.6. The zero-order valence-corrected chi connectivity index (χ0v) is 11.7. The fourth-order valence-corrected chi connectivity index (χ4v) is 3.54. The van der Waals surface area contributed by atoms with Crippen molar-refractivity contribution >= 4 is 26.0 Å². The summed E-state index contributed by atoms with van der Waals surface area (Å²) in [5, 5.41) is 3.26. The standard InChI is InChI=1S/C11H15BrN2O2S/c12-9-3-1-5-11(7-9)17(15,16)14-8-10-4-2-6-13-10/h1,3,5,7,10,13-14H,2,4,6,8H2. The molecule has 0 saturated carbocycles. The summed E-state index contributed by atoms with van der Waals surface area (Å²) in [6.07, 6.45) is 2.14. The molecule has 2 N–H and O–H groups in total. The van der Waals surface area contributed by atoms with Crippen LogP contribution in [0.5, 0.6) is 0 Å². The molecule has 1 aliphatic rings. The quantitative estimate of drug-likeness (QED) is 0.884. The van der Waals surface area contributed by atoms with Crippen LogP contribution in [0.2, 0.25) is 0 Å². The van der Waals surface area contributed by atoms with Gasteiger partial charge in [0.15, 0.2) is 0 Å². The Kier molecular flexibility index (Phi) is 4.19. The number of hydrogen-bond donors (Lipinski definition) is 2. The Balaban J connectivity index is 2.03. The lowest BCUT2D eigenvalue weighted by molar-refractivity contribution is 0.552. The van der Waals surface area contributed by atoms with E-state index < -0.39 is 10.0 Å². The average Bonchev–Trinajstić information content (AvgIpc) is 2.79. The van der Waals surface area contributed by atoms with Crippen molar-refractivity contribution in [3.8, 4) is 0 Å². The molecule has 1 heterocycles. The Morgan fingerprint density at radius 1 is 1.47 bits per heavy atom. The van der Waals surface area contributed by atoms with Gasteiger partial charge in [0, 0.05) is 17.1 Å². The van der Waals surface area contributed by atoms with Crippen LogP contribution in [0, 0.1) is 0 Å². The van der Waals surface area contributed by atoms with Gasteiger partial charge in [-0.1, -0.05) is 22.0 Å². The SMILES string of the molecule is O=S(=O)(NCC1CCCN1)c1cccc(Br)c1. The minimum absolute atomic E-state index is 0.261. The number of hydrogen-bond acceptors (Lipinski definition) is 3. The van der Waals surface area contributed by atoms with Gasteiger partial charge in [-0.3, -0.25) is 0 Å². The van der Waals surface area contributed by atoms with Crippen molar-refractivity contribution in [1.82, 2.24) is 10.0 Å². The van der Waals surface area contributed by atoms with Crippen LogP contribution in [-0.4, -0.2) is 27.5 Å². The highest BCUT2D eigenvalue weighted by atomic mass is 79.9. The van der Waals surface area contributed by atoms with Gasteiger partial charge in [-0.15, -0.1) is 0 Å². The first-order chi connectivity index (χ1) is 8.08. The maximum absolute atomic E-state index is 12.0. The lowest BCUT2D eigenvalue weighted by Gasteiger charge is -2.12. The third kappa shape index (κ3) is 3.51. The summed E-state index contributed by atoms with van der Waals surface area (Å²) in [7, 11) is -3.39. The summed E-state index contributed by atoms with van der Waals surface area (Å²) in [4.78, 5) is 0.296. The van der Waals surface area contributed by atoms with E-state index in [1.165, 1.54) is 0 Å². The molecule has 0 spiro atoms. The molecule has 1 aromatic carbocycles. The second-order valence-electron chi connectivity index (χ2n) is 4.10. The molecule has 1 aromatic rings. The summed E-state index contributed by atoms with van der Waals surface area (Å²) in [6.45, 7) is 1.43. The van der Waals surface area contributed by atoms with Crippen molar-refractivity contribution in [2.75, 3.05) is 13.1 Å². The summed E-state index contributed by atoms with van der Waals surface area (Å²) >= 11 is 3.27. The third-order valence-electron chi connectivity index (χ3n) is 2.79. The molecule has 1 saturated heterocycles. The van der Waals surface area contributed by atoms with E-state index in [0.29, 0.717) is 11.4 Å². The molecule has 1 aliphatic heterocycles. The van der Waals surface area contributed by atoms with Gasteiger partial charge in [0.05, 0.1) is 4.90 Å². The zero-order chi connectivity index (χ0) is 12.3. The van der Waals surface area contributed by atoms with Crippen molar-refractivity contribution in [2.24, 2.45) is 0 Å². The van der Waals surface area contributed by atoms with Crippen LogP contribution in [0.3, 0.4) is 0 Å². The van der Waals surface area contributed by atoms with E-state index in [-0.39, 0.29) is 6.04 Å². The number of benzene rings is 1. The molecule has 0 aromatic heterocycles. The fraction of sp³-hybridized carbons (Fsp3) is 0.455. The average molecular weight is 319 g/mol. The molecule has 0 bridgehead atoms. The first-order valence-corrected chi connectivity index (χ1v) is 7.84. The van der Waals surface area contributed by atoms with Crippen molar-refractivity contribution in [3.63, 3.8) is 0 Å². The van der Waals surface area contributed by atoms with Crippen LogP contribution in [-0.2, 0) is 10.0 Å². The number of halogens is 1. The lowest BCUT2D eigenvalue weighted by atomic mass is 10.2. The highest BCUT2D eigenvalue weighted by Crippen LogP contribution is 2.16. The van der Waals surface area contributed by atoms with Gasteiger partial charge < -0.3 is 5.32 Å². The Hall–Kier alpha value is -0.430. The number of sulfonamides is 1. The van der Waals surface area contributed by atoms with E-state index in [1.807, 2.05) is 0 Å². The molecule has 6 heteroatoms. The minimum atomic E-state index is -3.39. The van der Waals surface area contributed by atoms with E-state index in [0.717, 1.165) is 23.9 Å². The summed E-state index contributed by atoms with van der Waals surface area (Å²) < 4.78 is 27.4. The predicted octanol–water partition coefficient (Wildman–Crippen LogP) is 1.48. The van der Waals surface area contributed by atoms with E-state index in [4.69, 9.17) is 0 Å². The molecule has 0 aliphatic carbocycles. The molecule has 1 atom stereocenters. The van der Waals surface area contributed by atoms with Crippen LogP contribution in [0.4, 0.5) is 0 Å². The first-order valence-electron chi connectivity index (χ1n) is 5.56. The molecule has 94 valence electrons. The summed E-state index contributed by atoms with van der Waals surface area (Å²) in [5.41, 5.74) is 0. The van der Waals surface area contributed by atoms with Crippen LogP contribution < -0.4 is 10.0 Å². The van der Waals surface area contributed by atoms with Gasteiger partial charge in [0.1, 0.15) is 0 Å². The highest BCUT2D eigenvalue weighted by molar-refractivity contribution is 9.10. The molecule has 4 nitrogen and oxygen atoms in total. The van der Waals surface area contributed by atoms with Gasteiger partial charge in [-0.05, 0) is 37.6 Å². The third-order valence-corrected chi connectivity index (χ3v) is 4.70. The summed E-state index contributed by atoms with van der Waals surface area (Å²) in [5.74, 6) is 0. The lowest BCUT2D eigenvalue weighted by Crippen LogP contribution is -2.37. The molecule has 1 fully saturated rings. The summed E-state index contributed by atoms with van der Waals surface area (Å²) in [6, 6.07) is 6.97. The molecule has 17 heavy (non-hydrogen) atoms. The highest BCUT2D eigenvalue weighted by Gasteiger charge is 2.19. The predicted molar refractivity (Wildman–Crippen MR) is 70.4 cm³/mol. The van der Waals surface area contributed by atoms with Gasteiger partial charge in [0.2, 0.25) is 10.0 Å². The second-order valence-corrected chi connectivity index (χ2v) is 6.79. The Bertz CT molecular complexity index is 484. The first kappa shape index (κ1) is 13.0. The van der Waals surface area contributed by atoms with Crippen molar-refractivity contribution < 1.29 is 8.42 Å². The Morgan fingerprint density at radius 3 is 2.94 bits per heavy atom. The molecular weight excluding hydrogens is 304 g/mol. The van der Waals surface area contributed by atoms with Crippen LogP contribution in [0.15, 0.2) is 33.6 Å². The van der Waals surface area contributed by atoms with Crippen LogP contribution in [0.1, 0.15) is 12.8 Å². The van der Waals surface area contributed by atoms with Gasteiger partial charge in [-0.25, -0.2) is 13.1 Å². The maximum atomic E-state index is 12.0. The van der Waals surface area contributed by atoms with E-state index in [2.05, 4.69) is 26.0 Å². The molecule has 2 rings (SSSR count). The molecule has 0 amide bonds. The molecule has 1 unspecified atom stereocenters. The van der Waals surface area contributed by atoms with Crippen LogP contribution in [0.25, 0.3) is 0 Å². The van der Waals surface area contributed by atoms with Gasteiger partial charge in [-0.2, -0.15) is 0 Å². The van der Waals surface area contributed by atoms with Gasteiger partial charge in [0.25, 0.3) is 0 Å². The minimum Gasteiger partial charge on any atom is -0.313 e. The van der Waals surface area contributed by atoms with E-state index >= 15 is 0 Å². The molecular formula is C11H15BrN2O2S. The van der Waals surface area contributed by atoms with Gasteiger partial charge >= 0.3 is 0 Å². The second kappa shape index (κ2) is 5.48. The zero-order valence-electron chi connectivity index (χ0n) is 9.32. The molecule has 0 radical (unpaired) electrons. The monoisotopic (exact) mass is 318 g/mol. The fourth-order valence-electron chi connectivity index (χ4n) is 1.86. The topological polar surface area (TPSA) is 58.2 Å². The largest absolute Gasteiger partial charge is 0.313 e. The van der Waals surface area contributed by atoms with Crippen molar-refractivity contribution in [1.29, 1.82) is 0 Å².